The van der Waals surface area contributed by atoms with Gasteiger partial charge in [0.05, 0.1) is 5.52 Å². The summed E-state index contributed by atoms with van der Waals surface area (Å²) in [4.78, 5) is 37.4. The van der Waals surface area contributed by atoms with Gasteiger partial charge in [0.2, 0.25) is 5.43 Å². The predicted octanol–water partition coefficient (Wildman–Crippen LogP) is 1.33. The third kappa shape index (κ3) is 1.54. The van der Waals surface area contributed by atoms with E-state index >= 15 is 0 Å². The number of carboxylic acids is 1. The molecule has 0 saturated heterocycles. The second-order valence-electron chi connectivity index (χ2n) is 3.97. The number of nitrogens with one attached hydrogen (secondary N) is 1. The number of hydrogen-bond donors (Lipinski definition) is 2. The molecule has 3 aromatic rings. The zero-order chi connectivity index (χ0) is 13.6. The van der Waals surface area contributed by atoms with E-state index < -0.39 is 22.6 Å². The van der Waals surface area contributed by atoms with Crippen molar-refractivity contribution >= 4 is 27.8 Å². The van der Waals surface area contributed by atoms with Crippen LogP contribution in [0.1, 0.15) is 10.4 Å². The van der Waals surface area contributed by atoms with Gasteiger partial charge < -0.3 is 14.5 Å². The van der Waals surface area contributed by atoms with Gasteiger partial charge in [0.25, 0.3) is 0 Å². The van der Waals surface area contributed by atoms with Crippen molar-refractivity contribution in [3.8, 4) is 0 Å². The van der Waals surface area contributed by atoms with E-state index in [0.717, 1.165) is 6.20 Å². The molecule has 0 unspecified atom stereocenters. The minimum atomic E-state index is -1.39. The number of hydrogen-bond acceptors (Lipinski definition) is 4. The van der Waals surface area contributed by atoms with Gasteiger partial charge in [-0.2, -0.15) is 0 Å². The first-order chi connectivity index (χ1) is 9.09. The van der Waals surface area contributed by atoms with E-state index in [2.05, 4.69) is 4.98 Å². The number of rotatable bonds is 1. The number of para-hydroxylation sites is 1. The molecule has 6 nitrogen and oxygen atoms in total. The third-order valence-corrected chi connectivity index (χ3v) is 2.88. The fourth-order valence-electron chi connectivity index (χ4n) is 2.01. The Balaban J connectivity index is 2.63. The molecule has 0 aliphatic carbocycles. The van der Waals surface area contributed by atoms with E-state index in [4.69, 9.17) is 9.52 Å². The Morgan fingerprint density at radius 2 is 1.95 bits per heavy atom. The van der Waals surface area contributed by atoms with E-state index in [0.29, 0.717) is 11.0 Å². The summed E-state index contributed by atoms with van der Waals surface area (Å²) in [7, 11) is 0. The molecule has 0 spiro atoms. The molecule has 2 N–H and O–H groups in total. The summed E-state index contributed by atoms with van der Waals surface area (Å²) in [5, 5.41) is 9.14. The minimum Gasteiger partial charge on any atom is -0.477 e. The van der Waals surface area contributed by atoms with Crippen LogP contribution in [0.15, 0.2) is 44.5 Å². The summed E-state index contributed by atoms with van der Waals surface area (Å²) >= 11 is 0. The molecule has 19 heavy (non-hydrogen) atoms. The number of aromatic carboxylic acids is 1. The average molecular weight is 257 g/mol. The first kappa shape index (κ1) is 11.2. The lowest BCUT2D eigenvalue weighted by Crippen LogP contribution is -2.20. The number of pyridine rings is 1. The van der Waals surface area contributed by atoms with Crippen molar-refractivity contribution in [2.24, 2.45) is 0 Å². The van der Waals surface area contributed by atoms with Gasteiger partial charge in [-0.3, -0.25) is 4.79 Å². The van der Waals surface area contributed by atoms with Crippen molar-refractivity contribution in [3.05, 3.63) is 56.7 Å². The Labute approximate surface area is 104 Å². The molecule has 0 aliphatic rings. The SMILES string of the molecule is O=C(O)c1c[nH]c2c(c(=O)oc3ccccc32)c1=O. The van der Waals surface area contributed by atoms with Crippen LogP contribution >= 0.6 is 0 Å². The molecule has 2 aromatic heterocycles. The standard InChI is InChI=1S/C13H7NO5/c15-11-7(12(16)17)5-14-10-6-3-1-2-4-8(6)19-13(18)9(10)11/h1-5H,(H,14,15)(H,16,17). The molecule has 1 aromatic carbocycles. The van der Waals surface area contributed by atoms with Crippen LogP contribution in [-0.2, 0) is 0 Å². The molecule has 0 aliphatic heterocycles. The van der Waals surface area contributed by atoms with Crippen molar-refractivity contribution in [1.82, 2.24) is 4.98 Å². The molecular formula is C13H7NO5. The molecule has 0 saturated carbocycles. The van der Waals surface area contributed by atoms with E-state index in [1.807, 2.05) is 0 Å². The van der Waals surface area contributed by atoms with Crippen LogP contribution in [-0.4, -0.2) is 16.1 Å². The quantitative estimate of drug-likeness (QED) is 0.506. The molecule has 0 fully saturated rings. The van der Waals surface area contributed by atoms with Crippen LogP contribution < -0.4 is 11.1 Å². The summed E-state index contributed by atoms with van der Waals surface area (Å²) in [5.74, 6) is -1.39. The first-order valence-corrected chi connectivity index (χ1v) is 5.40. The highest BCUT2D eigenvalue weighted by atomic mass is 16.4. The van der Waals surface area contributed by atoms with Crippen LogP contribution in [0.4, 0.5) is 0 Å². The summed E-state index contributed by atoms with van der Waals surface area (Å²) in [6.07, 6.45) is 1.08. The lowest BCUT2D eigenvalue weighted by molar-refractivity contribution is 0.0695. The van der Waals surface area contributed by atoms with Gasteiger partial charge in [-0.05, 0) is 12.1 Å². The maximum absolute atomic E-state index is 12.0. The van der Waals surface area contributed by atoms with Crippen molar-refractivity contribution < 1.29 is 14.3 Å². The van der Waals surface area contributed by atoms with Crippen LogP contribution in [0.3, 0.4) is 0 Å². The molecule has 6 heteroatoms. The molecule has 0 bridgehead atoms. The lowest BCUT2D eigenvalue weighted by atomic mass is 10.1. The monoisotopic (exact) mass is 257 g/mol. The largest absolute Gasteiger partial charge is 0.477 e. The fourth-order valence-corrected chi connectivity index (χ4v) is 2.01. The molecule has 2 heterocycles. The smallest absolute Gasteiger partial charge is 0.349 e. The van der Waals surface area contributed by atoms with Gasteiger partial charge in [0.1, 0.15) is 16.5 Å². The highest BCUT2D eigenvalue weighted by molar-refractivity contribution is 6.03. The lowest BCUT2D eigenvalue weighted by Gasteiger charge is -2.02. The fraction of sp³-hybridized carbons (Fsp3) is 0. The number of fused-ring (bicyclic) bond motifs is 3. The van der Waals surface area contributed by atoms with Gasteiger partial charge in [-0.15, -0.1) is 0 Å². The Morgan fingerprint density at radius 1 is 1.21 bits per heavy atom. The molecule has 0 radical (unpaired) electrons. The van der Waals surface area contributed by atoms with Crippen molar-refractivity contribution in [1.29, 1.82) is 0 Å². The molecular weight excluding hydrogens is 250 g/mol. The van der Waals surface area contributed by atoms with Gasteiger partial charge in [-0.1, -0.05) is 12.1 Å². The highest BCUT2D eigenvalue weighted by Gasteiger charge is 2.16. The van der Waals surface area contributed by atoms with E-state index in [-0.39, 0.29) is 10.9 Å². The maximum Gasteiger partial charge on any atom is 0.349 e. The Kier molecular flexibility index (Phi) is 2.25. The number of aromatic amines is 1. The summed E-state index contributed by atoms with van der Waals surface area (Å²) < 4.78 is 5.02. The van der Waals surface area contributed by atoms with Gasteiger partial charge in [-0.25, -0.2) is 9.59 Å². The van der Waals surface area contributed by atoms with Gasteiger partial charge in [0.15, 0.2) is 0 Å². The highest BCUT2D eigenvalue weighted by Crippen LogP contribution is 2.18. The summed E-state index contributed by atoms with van der Waals surface area (Å²) in [5.41, 5.74) is -1.57. The first-order valence-electron chi connectivity index (χ1n) is 5.40. The number of H-pyrrole nitrogens is 1. The van der Waals surface area contributed by atoms with Crippen molar-refractivity contribution in [2.75, 3.05) is 0 Å². The number of carboxylic acid groups (broad SMARTS) is 1. The van der Waals surface area contributed by atoms with E-state index in [1.54, 1.807) is 24.3 Å². The summed E-state index contributed by atoms with van der Waals surface area (Å²) in [6.45, 7) is 0. The predicted molar refractivity (Wildman–Crippen MR) is 67.6 cm³/mol. The summed E-state index contributed by atoms with van der Waals surface area (Å²) in [6, 6.07) is 6.70. The van der Waals surface area contributed by atoms with Crippen molar-refractivity contribution in [3.63, 3.8) is 0 Å². The maximum atomic E-state index is 12.0. The van der Waals surface area contributed by atoms with Crippen LogP contribution in [0.2, 0.25) is 0 Å². The number of aromatic nitrogens is 1. The normalized spacial score (nSPS) is 10.9. The van der Waals surface area contributed by atoms with Gasteiger partial charge >= 0.3 is 11.6 Å². The topological polar surface area (TPSA) is 100 Å². The van der Waals surface area contributed by atoms with Crippen LogP contribution in [0.5, 0.6) is 0 Å². The van der Waals surface area contributed by atoms with Crippen LogP contribution in [0.25, 0.3) is 21.9 Å². The molecule has 0 amide bonds. The van der Waals surface area contributed by atoms with Crippen molar-refractivity contribution in [2.45, 2.75) is 0 Å². The average Bonchev–Trinajstić information content (AvgIpc) is 2.38. The minimum absolute atomic E-state index is 0.279. The Hall–Kier alpha value is -2.89. The van der Waals surface area contributed by atoms with E-state index in [1.165, 1.54) is 0 Å². The molecule has 94 valence electrons. The Bertz CT molecular complexity index is 935. The third-order valence-electron chi connectivity index (χ3n) is 2.88. The zero-order valence-corrected chi connectivity index (χ0v) is 9.47. The number of benzene rings is 1. The van der Waals surface area contributed by atoms with Gasteiger partial charge in [0, 0.05) is 11.6 Å². The zero-order valence-electron chi connectivity index (χ0n) is 9.47. The molecule has 3 rings (SSSR count). The molecule has 0 atom stereocenters. The number of carbonyl (C=O) groups is 1. The second-order valence-corrected chi connectivity index (χ2v) is 3.97. The van der Waals surface area contributed by atoms with Crippen LogP contribution in [0, 0.1) is 0 Å². The second kappa shape index (κ2) is 3.81. The van der Waals surface area contributed by atoms with E-state index in [9.17, 15) is 14.4 Å². The Morgan fingerprint density at radius 3 is 2.68 bits per heavy atom.